The number of piperidine rings is 1. The van der Waals surface area contributed by atoms with Crippen molar-refractivity contribution in [2.75, 3.05) is 11.9 Å². The monoisotopic (exact) mass is 651 g/mol. The molecule has 2 atom stereocenters. The Bertz CT molecular complexity index is 1830. The normalized spacial score (nSPS) is 15.2. The molecule has 2 unspecified atom stereocenters. The summed E-state index contributed by atoms with van der Waals surface area (Å²) in [5.41, 5.74) is 3.41. The van der Waals surface area contributed by atoms with Gasteiger partial charge in [-0.15, -0.1) is 0 Å². The maximum Gasteiger partial charge on any atom is 0.408 e. The lowest BCUT2D eigenvalue weighted by atomic mass is 9.99. The second kappa shape index (κ2) is 14.5. The SMILES string of the molecule is Cc1ccc(O)c(-c2nn(C)cc2C#Cc2ccc(NC(=O)C3CCCCN3C(=O)C(Cc3ccco3)NC(=O)OC(C)(C)C)cc2)c1. The first kappa shape index (κ1) is 33.9. The van der Waals surface area contributed by atoms with E-state index in [0.29, 0.717) is 41.2 Å². The molecule has 1 aliphatic heterocycles. The number of aromatic nitrogens is 2. The van der Waals surface area contributed by atoms with Crippen LogP contribution in [-0.4, -0.2) is 61.9 Å². The molecule has 0 bridgehead atoms. The van der Waals surface area contributed by atoms with Gasteiger partial charge >= 0.3 is 6.09 Å². The Morgan fingerprint density at radius 2 is 1.88 bits per heavy atom. The van der Waals surface area contributed by atoms with Crippen molar-refractivity contribution >= 4 is 23.6 Å². The number of nitrogens with one attached hydrogen (secondary N) is 2. The second-order valence-corrected chi connectivity index (χ2v) is 12.9. The molecule has 1 fully saturated rings. The average molecular weight is 652 g/mol. The molecule has 0 radical (unpaired) electrons. The minimum Gasteiger partial charge on any atom is -0.507 e. The van der Waals surface area contributed by atoms with E-state index in [1.54, 1.807) is 86.1 Å². The predicted octanol–water partition coefficient (Wildman–Crippen LogP) is 5.55. The molecule has 48 heavy (non-hydrogen) atoms. The third-order valence-electron chi connectivity index (χ3n) is 7.79. The molecule has 0 saturated carbocycles. The van der Waals surface area contributed by atoms with Gasteiger partial charge in [0.1, 0.15) is 34.9 Å². The van der Waals surface area contributed by atoms with Gasteiger partial charge in [0.25, 0.3) is 0 Å². The highest BCUT2D eigenvalue weighted by Gasteiger charge is 2.37. The highest BCUT2D eigenvalue weighted by Crippen LogP contribution is 2.31. The number of furan rings is 1. The van der Waals surface area contributed by atoms with Gasteiger partial charge in [-0.1, -0.05) is 23.5 Å². The van der Waals surface area contributed by atoms with Crippen LogP contribution in [0.3, 0.4) is 0 Å². The lowest BCUT2D eigenvalue weighted by molar-refractivity contribution is -0.142. The number of phenolic OH excluding ortho intramolecular Hbond substituents is 1. The molecule has 0 aliphatic carbocycles. The molecule has 0 spiro atoms. The molecule has 1 aliphatic rings. The quantitative estimate of drug-likeness (QED) is 0.223. The molecule has 250 valence electrons. The number of nitrogens with zero attached hydrogens (tertiary/aromatic N) is 3. The van der Waals surface area contributed by atoms with E-state index in [1.165, 1.54) is 6.26 Å². The van der Waals surface area contributed by atoms with Crippen molar-refractivity contribution in [3.05, 3.63) is 89.5 Å². The fourth-order valence-electron chi connectivity index (χ4n) is 5.57. The third-order valence-corrected chi connectivity index (χ3v) is 7.79. The van der Waals surface area contributed by atoms with Gasteiger partial charge in [-0.3, -0.25) is 14.3 Å². The van der Waals surface area contributed by atoms with E-state index in [1.807, 2.05) is 19.1 Å². The molecule has 11 nitrogen and oxygen atoms in total. The maximum atomic E-state index is 13.9. The molecule has 11 heteroatoms. The molecule has 3 amide bonds. The molecule has 3 heterocycles. The number of carbonyl (C=O) groups is 3. The minimum absolute atomic E-state index is 0.116. The number of benzene rings is 2. The zero-order chi connectivity index (χ0) is 34.4. The summed E-state index contributed by atoms with van der Waals surface area (Å²) in [5.74, 6) is 6.27. The number of amides is 3. The number of likely N-dealkylation sites (tertiary alicyclic amines) is 1. The highest BCUT2D eigenvalue weighted by molar-refractivity contribution is 5.98. The maximum absolute atomic E-state index is 13.9. The summed E-state index contributed by atoms with van der Waals surface area (Å²) >= 11 is 0. The third kappa shape index (κ3) is 8.64. The van der Waals surface area contributed by atoms with E-state index in [9.17, 15) is 19.5 Å². The Kier molecular flexibility index (Phi) is 10.2. The van der Waals surface area contributed by atoms with Crippen LogP contribution in [0.15, 0.2) is 71.5 Å². The summed E-state index contributed by atoms with van der Waals surface area (Å²) in [4.78, 5) is 41.6. The number of ether oxygens (including phenoxy) is 1. The highest BCUT2D eigenvalue weighted by atomic mass is 16.6. The number of alkyl carbamates (subject to hydrolysis) is 1. The number of aromatic hydroxyl groups is 1. The van der Waals surface area contributed by atoms with E-state index < -0.39 is 23.8 Å². The van der Waals surface area contributed by atoms with Gasteiger partial charge in [-0.2, -0.15) is 5.10 Å². The van der Waals surface area contributed by atoms with Crippen molar-refractivity contribution in [3.8, 4) is 28.8 Å². The zero-order valence-corrected chi connectivity index (χ0v) is 27.9. The van der Waals surface area contributed by atoms with Crippen LogP contribution < -0.4 is 10.6 Å². The van der Waals surface area contributed by atoms with Crippen molar-refractivity contribution in [2.45, 2.75) is 71.1 Å². The van der Waals surface area contributed by atoms with E-state index >= 15 is 0 Å². The smallest absolute Gasteiger partial charge is 0.408 e. The van der Waals surface area contributed by atoms with Crippen LogP contribution in [-0.2, 0) is 27.8 Å². The summed E-state index contributed by atoms with van der Waals surface area (Å²) in [6.07, 6.45) is 4.72. The molecular weight excluding hydrogens is 610 g/mol. The van der Waals surface area contributed by atoms with Crippen molar-refractivity contribution in [2.24, 2.45) is 7.05 Å². The number of anilines is 1. The first-order chi connectivity index (χ1) is 22.9. The van der Waals surface area contributed by atoms with E-state index in [-0.39, 0.29) is 24.0 Å². The van der Waals surface area contributed by atoms with Gasteiger partial charge in [-0.25, -0.2) is 4.79 Å². The number of carbonyl (C=O) groups excluding carboxylic acids is 3. The van der Waals surface area contributed by atoms with Gasteiger partial charge in [0.2, 0.25) is 11.8 Å². The lowest BCUT2D eigenvalue weighted by Gasteiger charge is -2.37. The van der Waals surface area contributed by atoms with Crippen LogP contribution in [0.1, 0.15) is 62.5 Å². The number of aryl methyl sites for hydroxylation is 2. The predicted molar refractivity (Wildman–Crippen MR) is 181 cm³/mol. The minimum atomic E-state index is -0.979. The zero-order valence-electron chi connectivity index (χ0n) is 27.9. The molecule has 2 aromatic heterocycles. The standard InChI is InChI=1S/C37H41N5O6/c1-24-11-18-32(43)29(21-24)33-26(23-41(5)40-33)15-12-25-13-16-27(17-14-25)38-34(44)31-10-6-7-19-42(31)35(45)30(22-28-9-8-20-47-28)39-36(46)48-37(2,3)4/h8-9,11,13-14,16-18,20-21,23,30-31,43H,6-7,10,19,22H2,1-5H3,(H,38,44)(H,39,46). The Balaban J connectivity index is 1.28. The fraction of sp³-hybridized carbons (Fsp3) is 0.351. The summed E-state index contributed by atoms with van der Waals surface area (Å²) < 4.78 is 12.5. The topological polar surface area (TPSA) is 139 Å². The van der Waals surface area contributed by atoms with Crippen LogP contribution >= 0.6 is 0 Å². The second-order valence-electron chi connectivity index (χ2n) is 12.9. The molecule has 3 N–H and O–H groups in total. The molecule has 5 rings (SSSR count). The van der Waals surface area contributed by atoms with Crippen molar-refractivity contribution < 1.29 is 28.6 Å². The first-order valence-corrected chi connectivity index (χ1v) is 16.0. The molecule has 2 aromatic carbocycles. The first-order valence-electron chi connectivity index (χ1n) is 16.0. The van der Waals surface area contributed by atoms with Gasteiger partial charge in [0, 0.05) is 43.0 Å². The van der Waals surface area contributed by atoms with Crippen LogP contribution in [0.25, 0.3) is 11.3 Å². The van der Waals surface area contributed by atoms with E-state index in [4.69, 9.17) is 9.15 Å². The number of rotatable bonds is 7. The fourth-order valence-corrected chi connectivity index (χ4v) is 5.57. The molecule has 1 saturated heterocycles. The van der Waals surface area contributed by atoms with Crippen molar-refractivity contribution in [1.82, 2.24) is 20.0 Å². The van der Waals surface area contributed by atoms with E-state index in [0.717, 1.165) is 24.0 Å². The van der Waals surface area contributed by atoms with Crippen molar-refractivity contribution in [3.63, 3.8) is 0 Å². The summed E-state index contributed by atoms with van der Waals surface area (Å²) in [6.45, 7) is 7.57. The van der Waals surface area contributed by atoms with Crippen LogP contribution in [0.2, 0.25) is 0 Å². The Morgan fingerprint density at radius 3 is 2.58 bits per heavy atom. The van der Waals surface area contributed by atoms with Gasteiger partial charge < -0.3 is 29.8 Å². The van der Waals surface area contributed by atoms with Gasteiger partial charge in [-0.05, 0) is 95.5 Å². The number of hydrogen-bond acceptors (Lipinski definition) is 7. The molecular formula is C37H41N5O6. The summed E-state index contributed by atoms with van der Waals surface area (Å²) in [5, 5.41) is 20.6. The van der Waals surface area contributed by atoms with Crippen LogP contribution in [0.5, 0.6) is 5.75 Å². The Morgan fingerprint density at radius 1 is 1.10 bits per heavy atom. The Hall–Kier alpha value is -5.50. The van der Waals surface area contributed by atoms with Gasteiger partial charge in [0.15, 0.2) is 0 Å². The van der Waals surface area contributed by atoms with Gasteiger partial charge in [0.05, 0.1) is 11.8 Å². The van der Waals surface area contributed by atoms with Crippen LogP contribution in [0.4, 0.5) is 10.5 Å². The number of hydrogen-bond donors (Lipinski definition) is 3. The molecule has 4 aromatic rings. The summed E-state index contributed by atoms with van der Waals surface area (Å²) in [6, 6.07) is 14.2. The lowest BCUT2D eigenvalue weighted by Crippen LogP contribution is -2.57. The summed E-state index contributed by atoms with van der Waals surface area (Å²) in [7, 11) is 1.80. The largest absolute Gasteiger partial charge is 0.507 e. The number of phenols is 1. The average Bonchev–Trinajstić information content (AvgIpc) is 3.69. The van der Waals surface area contributed by atoms with Crippen molar-refractivity contribution in [1.29, 1.82) is 0 Å². The van der Waals surface area contributed by atoms with E-state index in [2.05, 4.69) is 27.6 Å². The van der Waals surface area contributed by atoms with Crippen LogP contribution in [0, 0.1) is 18.8 Å². The Labute approximate surface area is 280 Å².